The van der Waals surface area contributed by atoms with E-state index in [4.69, 9.17) is 16.0 Å². The fraction of sp³-hybridized carbons (Fsp3) is 0.800. The first-order valence-corrected chi connectivity index (χ1v) is 6.25. The molecule has 0 radical (unpaired) electrons. The van der Waals surface area contributed by atoms with Gasteiger partial charge in [-0.2, -0.15) is 8.42 Å². The minimum absolute atomic E-state index is 0.208. The summed E-state index contributed by atoms with van der Waals surface area (Å²) in [6.45, 7) is 3.23. The molecule has 0 amide bonds. The molecule has 0 aromatic carbocycles. The van der Waals surface area contributed by atoms with Crippen molar-refractivity contribution in [3.05, 3.63) is 0 Å². The molecule has 1 atom stereocenters. The van der Waals surface area contributed by atoms with E-state index in [0.717, 1.165) is 0 Å². The van der Waals surface area contributed by atoms with Crippen LogP contribution in [0.4, 0.5) is 0 Å². The Morgan fingerprint density at radius 2 is 2.08 bits per heavy atom. The van der Waals surface area contributed by atoms with Gasteiger partial charge in [0.1, 0.15) is 4.87 Å². The third kappa shape index (κ3) is 5.72. The predicted octanol–water partition coefficient (Wildman–Crippen LogP) is -0.0780. The van der Waals surface area contributed by atoms with Crippen molar-refractivity contribution < 1.29 is 13.0 Å². The minimum Gasteiger partial charge on any atom is -0.370 e. The van der Waals surface area contributed by atoms with Crippen molar-refractivity contribution >= 4 is 25.9 Å². The summed E-state index contributed by atoms with van der Waals surface area (Å²) in [4.78, 5) is 2.67. The SMILES string of the molecule is CCC(C)(N=C(N)N)SS(=O)(=O)O. The van der Waals surface area contributed by atoms with E-state index in [0.29, 0.717) is 17.2 Å². The number of aliphatic imine (C=N–C) groups is 1. The average molecular weight is 227 g/mol. The Balaban J connectivity index is 4.77. The van der Waals surface area contributed by atoms with E-state index in [1.54, 1.807) is 6.92 Å². The van der Waals surface area contributed by atoms with Crippen molar-refractivity contribution in [2.24, 2.45) is 16.5 Å². The van der Waals surface area contributed by atoms with Crippen LogP contribution in [0.3, 0.4) is 0 Å². The number of hydrogen-bond donors (Lipinski definition) is 3. The largest absolute Gasteiger partial charge is 0.370 e. The van der Waals surface area contributed by atoms with Gasteiger partial charge in [-0.1, -0.05) is 6.92 Å². The molecule has 0 bridgehead atoms. The molecule has 0 heterocycles. The Kier molecular flexibility index (Phi) is 4.01. The molecule has 0 spiro atoms. The molecule has 0 rings (SSSR count). The van der Waals surface area contributed by atoms with Crippen molar-refractivity contribution in [1.29, 1.82) is 0 Å². The van der Waals surface area contributed by atoms with Crippen LogP contribution in [-0.4, -0.2) is 23.8 Å². The van der Waals surface area contributed by atoms with Gasteiger partial charge < -0.3 is 11.5 Å². The number of nitrogens with zero attached hydrogens (tertiary/aromatic N) is 1. The Morgan fingerprint density at radius 1 is 1.62 bits per heavy atom. The van der Waals surface area contributed by atoms with E-state index in [-0.39, 0.29) is 5.96 Å². The Labute approximate surface area is 80.9 Å². The summed E-state index contributed by atoms with van der Waals surface area (Å²) in [7, 11) is -3.83. The van der Waals surface area contributed by atoms with Crippen LogP contribution in [0.1, 0.15) is 20.3 Å². The van der Waals surface area contributed by atoms with Crippen LogP contribution in [0.25, 0.3) is 0 Å². The summed E-state index contributed by atoms with van der Waals surface area (Å²) in [6, 6.07) is 0. The summed E-state index contributed by atoms with van der Waals surface area (Å²) in [5, 5.41) is 0. The van der Waals surface area contributed by atoms with Crippen LogP contribution in [0.2, 0.25) is 0 Å². The molecular weight excluding hydrogens is 214 g/mol. The summed E-state index contributed by atoms with van der Waals surface area (Å²) >= 11 is 0. The van der Waals surface area contributed by atoms with E-state index in [9.17, 15) is 8.42 Å². The van der Waals surface area contributed by atoms with Gasteiger partial charge >= 0.3 is 9.15 Å². The van der Waals surface area contributed by atoms with Crippen LogP contribution in [0, 0.1) is 0 Å². The van der Waals surface area contributed by atoms with E-state index in [1.165, 1.54) is 6.92 Å². The monoisotopic (exact) mass is 227 g/mol. The Morgan fingerprint density at radius 3 is 2.31 bits per heavy atom. The molecule has 78 valence electrons. The molecule has 0 aliphatic heterocycles. The van der Waals surface area contributed by atoms with Crippen LogP contribution in [0.5, 0.6) is 0 Å². The lowest BCUT2D eigenvalue weighted by Crippen LogP contribution is -2.29. The minimum atomic E-state index is -4.14. The lowest BCUT2D eigenvalue weighted by molar-refractivity contribution is 0.501. The zero-order valence-electron chi connectivity index (χ0n) is 7.39. The van der Waals surface area contributed by atoms with Gasteiger partial charge in [-0.25, -0.2) is 4.99 Å². The van der Waals surface area contributed by atoms with Crippen LogP contribution < -0.4 is 11.5 Å². The quantitative estimate of drug-likeness (QED) is 0.267. The molecule has 13 heavy (non-hydrogen) atoms. The lowest BCUT2D eigenvalue weighted by Gasteiger charge is -2.20. The number of hydrogen-bond acceptors (Lipinski definition) is 4. The van der Waals surface area contributed by atoms with Crippen molar-refractivity contribution in [3.63, 3.8) is 0 Å². The maximum absolute atomic E-state index is 10.6. The second kappa shape index (κ2) is 4.16. The van der Waals surface area contributed by atoms with E-state index in [1.807, 2.05) is 0 Å². The number of guanidine groups is 1. The highest BCUT2D eigenvalue weighted by atomic mass is 33.1. The Bertz CT molecular complexity index is 296. The maximum atomic E-state index is 10.6. The van der Waals surface area contributed by atoms with Crippen molar-refractivity contribution in [3.8, 4) is 0 Å². The molecule has 0 aliphatic rings. The van der Waals surface area contributed by atoms with Gasteiger partial charge in [0.2, 0.25) is 0 Å². The van der Waals surface area contributed by atoms with Gasteiger partial charge in [-0.05, 0) is 13.3 Å². The van der Waals surface area contributed by atoms with Gasteiger partial charge in [0.15, 0.2) is 5.96 Å². The fourth-order valence-corrected chi connectivity index (χ4v) is 3.20. The molecule has 0 aliphatic carbocycles. The van der Waals surface area contributed by atoms with Crippen LogP contribution >= 0.6 is 10.8 Å². The summed E-state index contributed by atoms with van der Waals surface area (Å²) in [5.41, 5.74) is 10.2. The molecule has 0 fully saturated rings. The summed E-state index contributed by atoms with van der Waals surface area (Å²) < 4.78 is 29.7. The highest BCUT2D eigenvalue weighted by molar-refractivity contribution is 8.70. The second-order valence-electron chi connectivity index (χ2n) is 2.58. The number of nitrogens with two attached hydrogens (primary N) is 2. The molecule has 5 N–H and O–H groups in total. The maximum Gasteiger partial charge on any atom is 0.322 e. The van der Waals surface area contributed by atoms with Gasteiger partial charge in [-0.3, -0.25) is 4.55 Å². The third-order valence-electron chi connectivity index (χ3n) is 1.31. The normalized spacial score (nSPS) is 16.2. The van der Waals surface area contributed by atoms with Gasteiger partial charge in [0, 0.05) is 10.8 Å². The van der Waals surface area contributed by atoms with E-state index >= 15 is 0 Å². The highest BCUT2D eigenvalue weighted by Crippen LogP contribution is 2.33. The van der Waals surface area contributed by atoms with Gasteiger partial charge in [-0.15, -0.1) is 0 Å². The van der Waals surface area contributed by atoms with E-state index < -0.39 is 14.0 Å². The molecule has 6 nitrogen and oxygen atoms in total. The lowest BCUT2D eigenvalue weighted by atomic mass is 10.3. The smallest absolute Gasteiger partial charge is 0.322 e. The zero-order chi connectivity index (χ0) is 10.7. The molecule has 8 heteroatoms. The predicted molar refractivity (Wildman–Crippen MR) is 53.6 cm³/mol. The first-order valence-electron chi connectivity index (χ1n) is 3.47. The molecule has 1 unspecified atom stereocenters. The zero-order valence-corrected chi connectivity index (χ0v) is 9.02. The van der Waals surface area contributed by atoms with Crippen LogP contribution in [-0.2, 0) is 9.15 Å². The van der Waals surface area contributed by atoms with Gasteiger partial charge in [0.05, 0.1) is 0 Å². The first-order chi connectivity index (χ1) is 5.68. The van der Waals surface area contributed by atoms with Crippen molar-refractivity contribution in [2.75, 3.05) is 0 Å². The second-order valence-corrected chi connectivity index (χ2v) is 6.24. The molecule has 0 aromatic heterocycles. The van der Waals surface area contributed by atoms with Crippen molar-refractivity contribution in [2.45, 2.75) is 25.1 Å². The van der Waals surface area contributed by atoms with Crippen LogP contribution in [0.15, 0.2) is 4.99 Å². The Hall–Kier alpha value is -0.470. The summed E-state index contributed by atoms with van der Waals surface area (Å²) in [5.74, 6) is -0.208. The topological polar surface area (TPSA) is 119 Å². The molecule has 0 saturated carbocycles. The average Bonchev–Trinajstić information content (AvgIpc) is 1.81. The van der Waals surface area contributed by atoms with Gasteiger partial charge in [0.25, 0.3) is 0 Å². The standard InChI is InChI=1S/C5H13N3O3S2/c1-3-5(2,8-4(6)7)12-13(9,10)11/h3H2,1-2H3,(H4,6,7,8)(H,9,10,11). The molecular formula is C5H13N3O3S2. The molecule has 0 aromatic rings. The van der Waals surface area contributed by atoms with E-state index in [2.05, 4.69) is 4.99 Å². The third-order valence-corrected chi connectivity index (χ3v) is 3.97. The highest BCUT2D eigenvalue weighted by Gasteiger charge is 2.28. The first kappa shape index (κ1) is 12.5. The fourth-order valence-electron chi connectivity index (χ4n) is 0.657. The van der Waals surface area contributed by atoms with Crippen molar-refractivity contribution in [1.82, 2.24) is 0 Å². The molecule has 0 saturated heterocycles. The summed E-state index contributed by atoms with van der Waals surface area (Å²) in [6.07, 6.45) is 0.384. The number of rotatable bonds is 4.